The van der Waals surface area contributed by atoms with Gasteiger partial charge in [0.2, 0.25) is 0 Å². The van der Waals surface area contributed by atoms with E-state index in [9.17, 15) is 25.5 Å². The van der Waals surface area contributed by atoms with Crippen LogP contribution in [0.1, 0.15) is 0 Å². The first-order valence-electron chi connectivity index (χ1n) is 5.87. The Hall–Kier alpha value is -0.320. The summed E-state index contributed by atoms with van der Waals surface area (Å²) in [5.41, 5.74) is 0. The van der Waals surface area contributed by atoms with Crippen molar-refractivity contribution in [2.24, 2.45) is 5.92 Å². The van der Waals surface area contributed by atoms with Crippen molar-refractivity contribution in [2.45, 2.75) is 42.9 Å². The zero-order valence-electron chi connectivity index (χ0n) is 9.62. The largest absolute Gasteiger partial charge is 0.394 e. The lowest BCUT2D eigenvalue weighted by Crippen LogP contribution is -2.62. The zero-order chi connectivity index (χ0) is 13.4. The molecule has 2 saturated heterocycles. The van der Waals surface area contributed by atoms with E-state index in [-0.39, 0.29) is 6.54 Å². The summed E-state index contributed by atoms with van der Waals surface area (Å²) in [4.78, 5) is 0. The van der Waals surface area contributed by atoms with Crippen LogP contribution in [-0.2, 0) is 4.74 Å². The van der Waals surface area contributed by atoms with Crippen molar-refractivity contribution in [1.29, 1.82) is 0 Å². The fourth-order valence-corrected chi connectivity index (χ4v) is 2.61. The Morgan fingerprint density at radius 3 is 2.17 bits per heavy atom. The number of hydrogen-bond acceptors (Lipinski definition) is 8. The smallest absolute Gasteiger partial charge is 0.162 e. The maximum absolute atomic E-state index is 9.94. The summed E-state index contributed by atoms with van der Waals surface area (Å²) in [5.74, 6) is -0.991. The van der Waals surface area contributed by atoms with Crippen LogP contribution >= 0.6 is 0 Å². The summed E-state index contributed by atoms with van der Waals surface area (Å²) in [6.07, 6.45) is -7.42. The summed E-state index contributed by atoms with van der Waals surface area (Å²) >= 11 is 0. The molecule has 106 valence electrons. The van der Waals surface area contributed by atoms with E-state index in [0.29, 0.717) is 0 Å². The van der Waals surface area contributed by atoms with E-state index in [1.165, 1.54) is 0 Å². The van der Waals surface area contributed by atoms with Crippen molar-refractivity contribution >= 4 is 0 Å². The molecule has 0 saturated carbocycles. The number of aliphatic hydroxyl groups excluding tert-OH is 6. The molecule has 0 unspecified atom stereocenters. The Morgan fingerprint density at radius 2 is 1.67 bits per heavy atom. The average Bonchev–Trinajstić information content (AvgIpc) is 2.66. The standard InChI is InChI=1S/C10H19NO7/c12-2-4-8(15)9(16)5(10(17)18-4)6-7(14)3(13)1-11-6/h3-17H,1-2H2/t3-,4-,5-,6-,7+,8-,9-,10+/m1/s1. The van der Waals surface area contributed by atoms with Crippen LogP contribution in [0.15, 0.2) is 0 Å². The predicted molar refractivity (Wildman–Crippen MR) is 57.3 cm³/mol. The van der Waals surface area contributed by atoms with Crippen molar-refractivity contribution < 1.29 is 35.4 Å². The maximum atomic E-state index is 9.94. The highest BCUT2D eigenvalue weighted by atomic mass is 16.6. The first-order valence-corrected chi connectivity index (χ1v) is 5.87. The molecule has 2 rings (SSSR count). The molecular formula is C10H19NO7. The van der Waals surface area contributed by atoms with Gasteiger partial charge in [0.25, 0.3) is 0 Å². The second-order valence-electron chi connectivity index (χ2n) is 4.80. The molecule has 8 nitrogen and oxygen atoms in total. The molecule has 0 aliphatic carbocycles. The van der Waals surface area contributed by atoms with Crippen LogP contribution in [0.2, 0.25) is 0 Å². The van der Waals surface area contributed by atoms with Crippen LogP contribution in [-0.4, -0.2) is 86.6 Å². The van der Waals surface area contributed by atoms with Crippen LogP contribution in [0.3, 0.4) is 0 Å². The summed E-state index contributed by atoms with van der Waals surface area (Å²) < 4.78 is 4.99. The Morgan fingerprint density at radius 1 is 1.00 bits per heavy atom. The first kappa shape index (κ1) is 14.1. The van der Waals surface area contributed by atoms with Crippen LogP contribution in [0.5, 0.6) is 0 Å². The third-order valence-electron chi connectivity index (χ3n) is 3.69. The van der Waals surface area contributed by atoms with Crippen molar-refractivity contribution in [1.82, 2.24) is 5.32 Å². The van der Waals surface area contributed by atoms with Gasteiger partial charge in [-0.1, -0.05) is 0 Å². The molecule has 0 aromatic rings. The minimum Gasteiger partial charge on any atom is -0.394 e. The van der Waals surface area contributed by atoms with Gasteiger partial charge in [-0.25, -0.2) is 0 Å². The van der Waals surface area contributed by atoms with Crippen molar-refractivity contribution in [3.63, 3.8) is 0 Å². The molecule has 7 N–H and O–H groups in total. The Bertz CT molecular complexity index is 291. The summed E-state index contributed by atoms with van der Waals surface area (Å²) in [6, 6.07) is -0.792. The predicted octanol–water partition coefficient (Wildman–Crippen LogP) is -4.27. The number of β-amino-alcohol motifs (C(OH)–C–C–N with tert-alkyl or cyclic N) is 1. The zero-order valence-corrected chi connectivity index (χ0v) is 9.62. The average molecular weight is 265 g/mol. The van der Waals surface area contributed by atoms with Gasteiger partial charge < -0.3 is 40.7 Å². The molecule has 2 fully saturated rings. The van der Waals surface area contributed by atoms with E-state index in [1.54, 1.807) is 0 Å². The molecule has 18 heavy (non-hydrogen) atoms. The van der Waals surface area contributed by atoms with Gasteiger partial charge in [-0.3, -0.25) is 0 Å². The van der Waals surface area contributed by atoms with Gasteiger partial charge in [-0.15, -0.1) is 0 Å². The fourth-order valence-electron chi connectivity index (χ4n) is 2.61. The molecule has 0 bridgehead atoms. The van der Waals surface area contributed by atoms with Gasteiger partial charge in [0.05, 0.1) is 30.8 Å². The molecule has 0 aromatic carbocycles. The number of nitrogens with one attached hydrogen (secondary N) is 1. The van der Waals surface area contributed by atoms with Crippen LogP contribution in [0.25, 0.3) is 0 Å². The molecule has 0 amide bonds. The summed E-state index contributed by atoms with van der Waals surface area (Å²) in [5, 5.41) is 60.3. The molecule has 2 aliphatic heterocycles. The van der Waals surface area contributed by atoms with E-state index in [1.807, 2.05) is 0 Å². The molecule has 0 aromatic heterocycles. The molecule has 8 atom stereocenters. The lowest BCUT2D eigenvalue weighted by atomic mass is 9.83. The number of rotatable bonds is 2. The normalized spacial score (nSPS) is 53.7. The monoisotopic (exact) mass is 265 g/mol. The van der Waals surface area contributed by atoms with Gasteiger partial charge in [0, 0.05) is 12.6 Å². The van der Waals surface area contributed by atoms with Crippen molar-refractivity contribution in [3.05, 3.63) is 0 Å². The van der Waals surface area contributed by atoms with E-state index >= 15 is 0 Å². The number of aliphatic hydroxyl groups is 6. The number of ether oxygens (including phenoxy) is 1. The third kappa shape index (κ3) is 2.26. The van der Waals surface area contributed by atoms with Gasteiger partial charge in [-0.05, 0) is 0 Å². The Kier molecular flexibility index (Phi) is 4.19. The molecule has 0 spiro atoms. The topological polar surface area (TPSA) is 143 Å². The Balaban J connectivity index is 2.13. The molecule has 2 heterocycles. The van der Waals surface area contributed by atoms with Crippen molar-refractivity contribution in [2.75, 3.05) is 13.2 Å². The van der Waals surface area contributed by atoms with E-state index in [0.717, 1.165) is 0 Å². The second-order valence-corrected chi connectivity index (χ2v) is 4.80. The fraction of sp³-hybridized carbons (Fsp3) is 1.00. The highest BCUT2D eigenvalue weighted by molar-refractivity contribution is 5.01. The van der Waals surface area contributed by atoms with Crippen LogP contribution in [0, 0.1) is 5.92 Å². The van der Waals surface area contributed by atoms with Gasteiger partial charge in [0.15, 0.2) is 6.29 Å². The van der Waals surface area contributed by atoms with E-state index < -0.39 is 55.4 Å². The van der Waals surface area contributed by atoms with E-state index in [4.69, 9.17) is 9.84 Å². The SMILES string of the molecule is OC[C@H]1O[C@H](O)[C@H]([C@H]2NC[C@@H](O)[C@@H]2O)[C@@H](O)[C@@H]1O. The number of hydrogen-bond donors (Lipinski definition) is 7. The molecule has 8 heteroatoms. The molecule has 0 radical (unpaired) electrons. The second kappa shape index (κ2) is 5.35. The van der Waals surface area contributed by atoms with Gasteiger partial charge in [0.1, 0.15) is 12.2 Å². The minimum atomic E-state index is -1.45. The van der Waals surface area contributed by atoms with Gasteiger partial charge >= 0.3 is 0 Å². The highest BCUT2D eigenvalue weighted by Crippen LogP contribution is 2.31. The lowest BCUT2D eigenvalue weighted by Gasteiger charge is -2.43. The first-order chi connectivity index (χ1) is 8.47. The highest BCUT2D eigenvalue weighted by Gasteiger charge is 2.51. The van der Waals surface area contributed by atoms with E-state index in [2.05, 4.69) is 5.32 Å². The van der Waals surface area contributed by atoms with Crippen LogP contribution in [0.4, 0.5) is 0 Å². The summed E-state index contributed by atoms with van der Waals surface area (Å²) in [7, 11) is 0. The minimum absolute atomic E-state index is 0.126. The van der Waals surface area contributed by atoms with Gasteiger partial charge in [-0.2, -0.15) is 0 Å². The summed E-state index contributed by atoms with van der Waals surface area (Å²) in [6.45, 7) is -0.410. The Labute approximate surface area is 103 Å². The van der Waals surface area contributed by atoms with Crippen LogP contribution < -0.4 is 5.32 Å². The lowest BCUT2D eigenvalue weighted by molar-refractivity contribution is -0.277. The maximum Gasteiger partial charge on any atom is 0.162 e. The molecular weight excluding hydrogens is 246 g/mol. The third-order valence-corrected chi connectivity index (χ3v) is 3.69. The van der Waals surface area contributed by atoms with Crippen molar-refractivity contribution in [3.8, 4) is 0 Å². The quantitative estimate of drug-likeness (QED) is 0.266. The molecule has 2 aliphatic rings.